The van der Waals surface area contributed by atoms with Gasteiger partial charge in [-0.15, -0.1) is 0 Å². The maximum Gasteiger partial charge on any atom is 0.254 e. The summed E-state index contributed by atoms with van der Waals surface area (Å²) >= 11 is 0. The molecule has 7 nitrogen and oxygen atoms in total. The van der Waals surface area contributed by atoms with Crippen LogP contribution >= 0.6 is 0 Å². The molecule has 0 saturated carbocycles. The molecule has 140 valence electrons. The second kappa shape index (κ2) is 6.65. The number of hydrogen-bond acceptors (Lipinski definition) is 5. The van der Waals surface area contributed by atoms with Crippen molar-refractivity contribution in [2.75, 3.05) is 6.54 Å². The Balaban J connectivity index is 1.44. The van der Waals surface area contributed by atoms with Gasteiger partial charge >= 0.3 is 0 Å². The number of halogens is 1. The van der Waals surface area contributed by atoms with Crippen LogP contribution in [0.5, 0.6) is 0 Å². The zero-order valence-electron chi connectivity index (χ0n) is 14.9. The van der Waals surface area contributed by atoms with Crippen LogP contribution in [0.1, 0.15) is 16.8 Å². The van der Waals surface area contributed by atoms with E-state index in [0.717, 1.165) is 34.3 Å². The van der Waals surface area contributed by atoms with E-state index in [4.69, 9.17) is 0 Å². The molecular formula is C20H17FN6O. The van der Waals surface area contributed by atoms with Crippen molar-refractivity contribution in [2.45, 2.75) is 19.5 Å². The number of aromatic amines is 2. The first-order chi connectivity index (χ1) is 13.7. The quantitative estimate of drug-likeness (QED) is 0.573. The lowest BCUT2D eigenvalue weighted by Crippen LogP contribution is -2.35. The summed E-state index contributed by atoms with van der Waals surface area (Å²) in [4.78, 5) is 33.3. The number of H-pyrrole nitrogens is 2. The van der Waals surface area contributed by atoms with Crippen molar-refractivity contribution >= 4 is 10.9 Å². The summed E-state index contributed by atoms with van der Waals surface area (Å²) in [6, 6.07) is 4.77. The number of rotatable bonds is 3. The second-order valence-corrected chi connectivity index (χ2v) is 6.93. The third-order valence-corrected chi connectivity index (χ3v) is 5.11. The van der Waals surface area contributed by atoms with Gasteiger partial charge in [0.15, 0.2) is 0 Å². The van der Waals surface area contributed by atoms with Gasteiger partial charge in [0.1, 0.15) is 18.0 Å². The summed E-state index contributed by atoms with van der Waals surface area (Å²) in [6.07, 6.45) is 7.25. The fourth-order valence-electron chi connectivity index (χ4n) is 3.72. The number of nitrogens with zero attached hydrogens (tertiary/aromatic N) is 4. The number of nitrogens with one attached hydrogen (secondary N) is 2. The molecule has 0 saturated heterocycles. The van der Waals surface area contributed by atoms with Crippen LogP contribution < -0.4 is 5.56 Å². The highest BCUT2D eigenvalue weighted by Gasteiger charge is 2.22. The van der Waals surface area contributed by atoms with Crippen LogP contribution in [0.25, 0.3) is 22.3 Å². The van der Waals surface area contributed by atoms with Crippen molar-refractivity contribution in [1.82, 2.24) is 29.8 Å². The average Bonchev–Trinajstić information content (AvgIpc) is 3.10. The highest BCUT2D eigenvalue weighted by atomic mass is 19.1. The Labute approximate surface area is 159 Å². The van der Waals surface area contributed by atoms with Gasteiger partial charge in [-0.1, -0.05) is 0 Å². The van der Waals surface area contributed by atoms with Crippen molar-refractivity contribution in [3.05, 3.63) is 76.1 Å². The van der Waals surface area contributed by atoms with Crippen molar-refractivity contribution in [1.29, 1.82) is 0 Å². The summed E-state index contributed by atoms with van der Waals surface area (Å²) < 4.78 is 13.4. The average molecular weight is 376 g/mol. The number of aromatic nitrogens is 5. The number of hydrogen-bond donors (Lipinski definition) is 2. The van der Waals surface area contributed by atoms with E-state index in [2.05, 4.69) is 29.8 Å². The number of benzene rings is 1. The largest absolute Gasteiger partial charge is 0.361 e. The third-order valence-electron chi connectivity index (χ3n) is 5.11. The van der Waals surface area contributed by atoms with Crippen LogP contribution in [0.4, 0.5) is 4.39 Å². The van der Waals surface area contributed by atoms with Crippen LogP contribution in [0.3, 0.4) is 0 Å². The molecule has 0 radical (unpaired) electrons. The lowest BCUT2D eigenvalue weighted by molar-refractivity contribution is 0.241. The van der Waals surface area contributed by atoms with Crippen molar-refractivity contribution in [2.24, 2.45) is 0 Å². The van der Waals surface area contributed by atoms with Crippen molar-refractivity contribution in [3.8, 4) is 11.4 Å². The molecule has 4 aromatic rings. The van der Waals surface area contributed by atoms with Crippen molar-refractivity contribution < 1.29 is 4.39 Å². The molecule has 2 N–H and O–H groups in total. The Hall–Kier alpha value is -3.39. The predicted molar refractivity (Wildman–Crippen MR) is 102 cm³/mol. The van der Waals surface area contributed by atoms with Gasteiger partial charge in [0.05, 0.1) is 11.3 Å². The topological polar surface area (TPSA) is 90.6 Å². The van der Waals surface area contributed by atoms with Gasteiger partial charge in [-0.2, -0.15) is 0 Å². The lowest BCUT2D eigenvalue weighted by atomic mass is 10.0. The van der Waals surface area contributed by atoms with Gasteiger partial charge in [0.25, 0.3) is 5.56 Å². The van der Waals surface area contributed by atoms with E-state index in [9.17, 15) is 9.18 Å². The fraction of sp³-hybridized carbons (Fsp3) is 0.200. The smallest absolute Gasteiger partial charge is 0.254 e. The molecule has 0 atom stereocenters. The van der Waals surface area contributed by atoms with E-state index in [1.54, 1.807) is 18.5 Å². The van der Waals surface area contributed by atoms with Gasteiger partial charge in [-0.05, 0) is 30.2 Å². The van der Waals surface area contributed by atoms with Gasteiger partial charge in [-0.25, -0.2) is 19.3 Å². The summed E-state index contributed by atoms with van der Waals surface area (Å²) in [5.74, 6) is 0.224. The highest BCUT2D eigenvalue weighted by Crippen LogP contribution is 2.24. The normalized spacial score (nSPS) is 14.3. The standard InChI is InChI=1S/C20H17FN6O/c21-14-1-2-15-13(8-24-17(15)5-14)9-27-4-3-16-18(10-27)25-19(26-20(16)28)12-6-22-11-23-7-12/h1-2,5-8,11,24H,3-4,9-10H2,(H,25,26,28). The maximum absolute atomic E-state index is 13.4. The zero-order valence-corrected chi connectivity index (χ0v) is 14.9. The first kappa shape index (κ1) is 16.8. The molecule has 0 bridgehead atoms. The molecular weight excluding hydrogens is 359 g/mol. The minimum atomic E-state index is -0.256. The van der Waals surface area contributed by atoms with E-state index in [0.29, 0.717) is 30.9 Å². The first-order valence-electron chi connectivity index (χ1n) is 9.03. The molecule has 4 heterocycles. The Bertz CT molecular complexity index is 1220. The fourth-order valence-corrected chi connectivity index (χ4v) is 3.72. The SMILES string of the molecule is O=c1[nH]c(-c2cncnc2)nc2c1CCN(Cc1c[nH]c3cc(F)ccc13)C2. The Kier molecular flexibility index (Phi) is 3.98. The second-order valence-electron chi connectivity index (χ2n) is 6.93. The van der Waals surface area contributed by atoms with Gasteiger partial charge in [-0.3, -0.25) is 9.69 Å². The molecule has 0 amide bonds. The molecule has 0 aliphatic carbocycles. The Morgan fingerprint density at radius 3 is 2.93 bits per heavy atom. The summed E-state index contributed by atoms with van der Waals surface area (Å²) in [7, 11) is 0. The molecule has 5 rings (SSSR count). The molecule has 0 spiro atoms. The van der Waals surface area contributed by atoms with Crippen LogP contribution in [0.15, 0.2) is 47.9 Å². The van der Waals surface area contributed by atoms with Gasteiger partial charge in [0.2, 0.25) is 0 Å². The van der Waals surface area contributed by atoms with E-state index in [1.807, 2.05) is 6.20 Å². The minimum absolute atomic E-state index is 0.105. The molecule has 1 aliphatic heterocycles. The van der Waals surface area contributed by atoms with Crippen LogP contribution in [-0.4, -0.2) is 36.4 Å². The van der Waals surface area contributed by atoms with E-state index < -0.39 is 0 Å². The molecule has 28 heavy (non-hydrogen) atoms. The lowest BCUT2D eigenvalue weighted by Gasteiger charge is -2.27. The van der Waals surface area contributed by atoms with Crippen molar-refractivity contribution in [3.63, 3.8) is 0 Å². The maximum atomic E-state index is 13.4. The monoisotopic (exact) mass is 376 g/mol. The summed E-state index contributed by atoms with van der Waals surface area (Å²) in [5, 5.41) is 1.01. The number of fused-ring (bicyclic) bond motifs is 2. The predicted octanol–water partition coefficient (Wildman–Crippen LogP) is 2.41. The Morgan fingerprint density at radius 2 is 2.07 bits per heavy atom. The van der Waals surface area contributed by atoms with Gasteiger partial charge in [0, 0.05) is 54.7 Å². The molecule has 1 aliphatic rings. The van der Waals surface area contributed by atoms with Crippen LogP contribution in [0, 0.1) is 5.82 Å². The Morgan fingerprint density at radius 1 is 1.21 bits per heavy atom. The third kappa shape index (κ3) is 2.97. The first-order valence-corrected chi connectivity index (χ1v) is 9.03. The molecule has 0 unspecified atom stereocenters. The van der Waals surface area contributed by atoms with E-state index in [1.165, 1.54) is 18.5 Å². The molecule has 0 fully saturated rings. The molecule has 1 aromatic carbocycles. The summed E-state index contributed by atoms with van der Waals surface area (Å²) in [6.45, 7) is 2.04. The zero-order chi connectivity index (χ0) is 19.1. The molecule has 3 aromatic heterocycles. The van der Waals surface area contributed by atoms with Crippen LogP contribution in [0.2, 0.25) is 0 Å². The van der Waals surface area contributed by atoms with E-state index in [-0.39, 0.29) is 11.4 Å². The highest BCUT2D eigenvalue weighted by molar-refractivity contribution is 5.83. The minimum Gasteiger partial charge on any atom is -0.361 e. The van der Waals surface area contributed by atoms with E-state index >= 15 is 0 Å². The van der Waals surface area contributed by atoms with Crippen LogP contribution in [-0.2, 0) is 19.5 Å². The summed E-state index contributed by atoms with van der Waals surface area (Å²) in [5.41, 5.74) is 3.97. The van der Waals surface area contributed by atoms with Gasteiger partial charge < -0.3 is 9.97 Å². The molecule has 8 heteroatoms.